The zero-order valence-electron chi connectivity index (χ0n) is 12.7. The molecule has 1 unspecified atom stereocenters. The van der Waals surface area contributed by atoms with Crippen LogP contribution in [-0.2, 0) is 4.74 Å². The lowest BCUT2D eigenvalue weighted by molar-refractivity contribution is 0.0909. The van der Waals surface area contributed by atoms with Gasteiger partial charge in [0.25, 0.3) is 5.56 Å². The zero-order valence-corrected chi connectivity index (χ0v) is 13.4. The van der Waals surface area contributed by atoms with Crippen LogP contribution in [0, 0.1) is 0 Å². The van der Waals surface area contributed by atoms with Gasteiger partial charge >= 0.3 is 0 Å². The molecule has 0 aliphatic carbocycles. The van der Waals surface area contributed by atoms with Gasteiger partial charge in [-0.1, -0.05) is 35.9 Å². The second kappa shape index (κ2) is 6.98. The maximum atomic E-state index is 12.5. The van der Waals surface area contributed by atoms with Crippen molar-refractivity contribution in [1.29, 1.82) is 0 Å². The number of para-hydroxylation sites is 1. The number of hydrogen-bond donors (Lipinski definition) is 0. The molecule has 3 rings (SSSR count). The van der Waals surface area contributed by atoms with Crippen molar-refractivity contribution in [3.63, 3.8) is 0 Å². The van der Waals surface area contributed by atoms with Crippen molar-refractivity contribution in [3.8, 4) is 5.69 Å². The summed E-state index contributed by atoms with van der Waals surface area (Å²) in [5.74, 6) is 0. The molecule has 0 spiro atoms. The Balaban J connectivity index is 1.84. The fourth-order valence-corrected chi connectivity index (χ4v) is 2.93. The Hall–Kier alpha value is -2.11. The lowest BCUT2D eigenvalue weighted by Gasteiger charge is -2.19. The maximum absolute atomic E-state index is 12.5. The number of halogens is 1. The van der Waals surface area contributed by atoms with Crippen LogP contribution in [0.3, 0.4) is 0 Å². The Morgan fingerprint density at radius 2 is 2.17 bits per heavy atom. The van der Waals surface area contributed by atoms with E-state index in [1.165, 1.54) is 4.68 Å². The highest BCUT2D eigenvalue weighted by atomic mass is 35.5. The summed E-state index contributed by atoms with van der Waals surface area (Å²) in [5, 5.41) is 4.45. The van der Waals surface area contributed by atoms with Gasteiger partial charge in [-0.25, -0.2) is 0 Å². The first-order valence-electron chi connectivity index (χ1n) is 7.51. The number of rotatable bonds is 5. The second-order valence-corrected chi connectivity index (χ2v) is 5.75. The molecule has 0 amide bonds. The standard InChI is InChI=1S/C17H18ClN3O2/c1-2-10-23-14-8-9-20(12-14)15-11-19-21(17(22)16(15)18)13-6-4-3-5-7-13/h2-7,11,14H,1,8-10,12H2. The van der Waals surface area contributed by atoms with Crippen molar-refractivity contribution < 1.29 is 4.74 Å². The van der Waals surface area contributed by atoms with E-state index in [4.69, 9.17) is 16.3 Å². The van der Waals surface area contributed by atoms with Crippen molar-refractivity contribution in [3.05, 3.63) is 64.6 Å². The number of hydrogen-bond acceptors (Lipinski definition) is 4. The van der Waals surface area contributed by atoms with Crippen LogP contribution in [0.25, 0.3) is 5.69 Å². The first-order chi connectivity index (χ1) is 11.2. The van der Waals surface area contributed by atoms with Gasteiger partial charge in [-0.2, -0.15) is 9.78 Å². The molecule has 1 saturated heterocycles. The van der Waals surface area contributed by atoms with Crippen LogP contribution >= 0.6 is 11.6 Å². The van der Waals surface area contributed by atoms with E-state index >= 15 is 0 Å². The molecule has 0 saturated carbocycles. The Labute approximate surface area is 139 Å². The minimum Gasteiger partial charge on any atom is -0.372 e. The summed E-state index contributed by atoms with van der Waals surface area (Å²) >= 11 is 6.31. The van der Waals surface area contributed by atoms with Gasteiger partial charge in [0.15, 0.2) is 0 Å². The lowest BCUT2D eigenvalue weighted by atomic mass is 10.3. The van der Waals surface area contributed by atoms with Crippen LogP contribution in [0.2, 0.25) is 5.02 Å². The Morgan fingerprint density at radius 3 is 2.91 bits per heavy atom. The molecule has 1 aromatic heterocycles. The smallest absolute Gasteiger partial charge is 0.292 e. The summed E-state index contributed by atoms with van der Waals surface area (Å²) in [6.45, 7) is 5.67. The minimum atomic E-state index is -0.314. The molecule has 1 aliphatic rings. The van der Waals surface area contributed by atoms with Crippen molar-refractivity contribution in [1.82, 2.24) is 9.78 Å². The monoisotopic (exact) mass is 331 g/mol. The highest BCUT2D eigenvalue weighted by Gasteiger charge is 2.26. The number of ether oxygens (including phenoxy) is 1. The van der Waals surface area contributed by atoms with Gasteiger partial charge < -0.3 is 9.64 Å². The Morgan fingerprint density at radius 1 is 1.39 bits per heavy atom. The predicted octanol–water partition coefficient (Wildman–Crippen LogP) is 2.67. The third-order valence-electron chi connectivity index (χ3n) is 3.84. The summed E-state index contributed by atoms with van der Waals surface area (Å²) in [6.07, 6.45) is 4.40. The first kappa shape index (κ1) is 15.8. The Kier molecular flexibility index (Phi) is 4.79. The highest BCUT2D eigenvalue weighted by Crippen LogP contribution is 2.26. The molecule has 2 heterocycles. The number of aromatic nitrogens is 2. The molecule has 23 heavy (non-hydrogen) atoms. The average molecular weight is 332 g/mol. The molecule has 0 N–H and O–H groups in total. The van der Waals surface area contributed by atoms with Gasteiger partial charge in [-0.3, -0.25) is 4.79 Å². The molecular formula is C17H18ClN3O2. The zero-order chi connectivity index (χ0) is 16.2. The molecule has 1 atom stereocenters. The van der Waals surface area contributed by atoms with Crippen LogP contribution in [0.15, 0.2) is 54.0 Å². The largest absolute Gasteiger partial charge is 0.372 e. The van der Waals surface area contributed by atoms with Crippen LogP contribution in [0.4, 0.5) is 5.69 Å². The highest BCUT2D eigenvalue weighted by molar-refractivity contribution is 6.33. The third kappa shape index (κ3) is 3.30. The molecule has 1 fully saturated rings. The van der Waals surface area contributed by atoms with Gasteiger partial charge in [0.1, 0.15) is 5.02 Å². The second-order valence-electron chi connectivity index (χ2n) is 5.38. The van der Waals surface area contributed by atoms with Crippen molar-refractivity contribution in [2.75, 3.05) is 24.6 Å². The van der Waals surface area contributed by atoms with E-state index in [9.17, 15) is 4.79 Å². The number of nitrogens with zero attached hydrogens (tertiary/aromatic N) is 3. The summed E-state index contributed by atoms with van der Waals surface area (Å²) in [7, 11) is 0. The van der Waals surface area contributed by atoms with E-state index in [0.29, 0.717) is 24.5 Å². The van der Waals surface area contributed by atoms with Crippen molar-refractivity contribution >= 4 is 17.3 Å². The summed E-state index contributed by atoms with van der Waals surface area (Å²) < 4.78 is 6.97. The van der Waals surface area contributed by atoms with Crippen molar-refractivity contribution in [2.24, 2.45) is 0 Å². The minimum absolute atomic E-state index is 0.126. The fourth-order valence-electron chi connectivity index (χ4n) is 2.68. The van der Waals surface area contributed by atoms with Crippen LogP contribution in [-0.4, -0.2) is 35.6 Å². The molecule has 6 heteroatoms. The summed E-state index contributed by atoms with van der Waals surface area (Å²) in [6, 6.07) is 9.23. The summed E-state index contributed by atoms with van der Waals surface area (Å²) in [5.41, 5.74) is 1.04. The van der Waals surface area contributed by atoms with Gasteiger partial charge in [-0.05, 0) is 18.6 Å². The third-order valence-corrected chi connectivity index (χ3v) is 4.19. The molecule has 120 valence electrons. The normalized spacial score (nSPS) is 17.4. The van der Waals surface area contributed by atoms with E-state index in [2.05, 4.69) is 11.7 Å². The lowest BCUT2D eigenvalue weighted by Crippen LogP contribution is -2.28. The SMILES string of the molecule is C=CCOC1CCN(c2cnn(-c3ccccc3)c(=O)c2Cl)C1. The quantitative estimate of drug-likeness (QED) is 0.790. The van der Waals surface area contributed by atoms with Crippen LogP contribution in [0.1, 0.15) is 6.42 Å². The number of anilines is 1. The Bertz CT molecular complexity index is 745. The maximum Gasteiger partial charge on any atom is 0.292 e. The van der Waals surface area contributed by atoms with Gasteiger partial charge in [0.2, 0.25) is 0 Å². The van der Waals surface area contributed by atoms with Crippen LogP contribution in [0.5, 0.6) is 0 Å². The molecule has 1 aromatic carbocycles. The predicted molar refractivity (Wildman–Crippen MR) is 91.6 cm³/mol. The molecule has 0 bridgehead atoms. The van der Waals surface area contributed by atoms with Gasteiger partial charge in [-0.15, -0.1) is 6.58 Å². The van der Waals surface area contributed by atoms with E-state index in [0.717, 1.165) is 13.0 Å². The topological polar surface area (TPSA) is 47.4 Å². The first-order valence-corrected chi connectivity index (χ1v) is 7.89. The molecule has 2 aromatic rings. The van der Waals surface area contributed by atoms with Crippen LogP contribution < -0.4 is 10.5 Å². The fraction of sp³-hybridized carbons (Fsp3) is 0.294. The molecular weight excluding hydrogens is 314 g/mol. The van der Waals surface area contributed by atoms with E-state index in [1.54, 1.807) is 12.3 Å². The van der Waals surface area contributed by atoms with Gasteiger partial charge in [0, 0.05) is 13.1 Å². The van der Waals surface area contributed by atoms with E-state index in [1.807, 2.05) is 35.2 Å². The average Bonchev–Trinajstić information content (AvgIpc) is 3.05. The number of benzene rings is 1. The van der Waals surface area contributed by atoms with E-state index in [-0.39, 0.29) is 16.7 Å². The van der Waals surface area contributed by atoms with Crippen molar-refractivity contribution in [2.45, 2.75) is 12.5 Å². The summed E-state index contributed by atoms with van der Waals surface area (Å²) in [4.78, 5) is 14.5. The molecule has 1 aliphatic heterocycles. The van der Waals surface area contributed by atoms with E-state index < -0.39 is 0 Å². The van der Waals surface area contributed by atoms with Gasteiger partial charge in [0.05, 0.1) is 30.3 Å². The molecule has 5 nitrogen and oxygen atoms in total. The molecule has 0 radical (unpaired) electrons.